The summed E-state index contributed by atoms with van der Waals surface area (Å²) in [4.78, 5) is 25.1. The summed E-state index contributed by atoms with van der Waals surface area (Å²) in [5.74, 6) is -0.759. The minimum atomic E-state index is -1.09. The maximum atomic E-state index is 11.1. The number of anilines is 1. The third kappa shape index (κ3) is 3.04. The van der Waals surface area contributed by atoms with E-state index in [1.165, 1.54) is 12.4 Å². The largest absolute Gasteiger partial charge is 0.476 e. The zero-order chi connectivity index (χ0) is 13.8. The van der Waals surface area contributed by atoms with Crippen molar-refractivity contribution >= 4 is 11.8 Å². The molecule has 2 aromatic heterocycles. The third-order valence-corrected chi connectivity index (χ3v) is 2.59. The first-order valence-electron chi connectivity index (χ1n) is 5.76. The molecule has 0 fully saturated rings. The highest BCUT2D eigenvalue weighted by molar-refractivity contribution is 5.90. The molecule has 98 valence electrons. The molecule has 0 aliphatic carbocycles. The number of hydrogen-bond donors (Lipinski definition) is 1. The van der Waals surface area contributed by atoms with Crippen LogP contribution in [0, 0.1) is 6.92 Å². The average Bonchev–Trinajstić information content (AvgIpc) is 2.38. The van der Waals surface area contributed by atoms with Gasteiger partial charge >= 0.3 is 5.97 Å². The fraction of sp³-hybridized carbons (Fsp3) is 0.231. The van der Waals surface area contributed by atoms with Crippen LogP contribution in [0.5, 0.6) is 0 Å². The summed E-state index contributed by atoms with van der Waals surface area (Å²) in [6.07, 6.45) is 2.84. The van der Waals surface area contributed by atoms with Crippen LogP contribution in [0.15, 0.2) is 30.6 Å². The van der Waals surface area contributed by atoms with E-state index in [-0.39, 0.29) is 5.69 Å². The Kier molecular flexibility index (Phi) is 3.70. The van der Waals surface area contributed by atoms with Gasteiger partial charge in [0.1, 0.15) is 0 Å². The molecule has 6 nitrogen and oxygen atoms in total. The highest BCUT2D eigenvalue weighted by Crippen LogP contribution is 2.15. The number of aryl methyl sites for hydroxylation is 1. The molecule has 0 radical (unpaired) electrons. The minimum absolute atomic E-state index is 0.0577. The predicted octanol–water partition coefficient (Wildman–Crippen LogP) is 1.51. The van der Waals surface area contributed by atoms with Crippen LogP contribution in [0.1, 0.15) is 21.9 Å². The number of hydrogen-bond acceptors (Lipinski definition) is 5. The predicted molar refractivity (Wildman–Crippen MR) is 70.1 cm³/mol. The Bertz CT molecular complexity index is 601. The van der Waals surface area contributed by atoms with Gasteiger partial charge in [-0.25, -0.2) is 14.8 Å². The Morgan fingerprint density at radius 1 is 1.32 bits per heavy atom. The molecule has 0 spiro atoms. The van der Waals surface area contributed by atoms with E-state index in [0.29, 0.717) is 12.4 Å². The van der Waals surface area contributed by atoms with Crippen molar-refractivity contribution in [1.29, 1.82) is 0 Å². The summed E-state index contributed by atoms with van der Waals surface area (Å²) in [5, 5.41) is 9.08. The van der Waals surface area contributed by atoms with Crippen molar-refractivity contribution in [2.45, 2.75) is 13.5 Å². The summed E-state index contributed by atoms with van der Waals surface area (Å²) in [6.45, 7) is 2.38. The van der Waals surface area contributed by atoms with E-state index in [0.717, 1.165) is 11.4 Å². The normalized spacial score (nSPS) is 10.2. The van der Waals surface area contributed by atoms with E-state index < -0.39 is 5.97 Å². The molecule has 0 saturated carbocycles. The lowest BCUT2D eigenvalue weighted by molar-refractivity contribution is 0.0690. The van der Waals surface area contributed by atoms with Crippen molar-refractivity contribution in [2.24, 2.45) is 0 Å². The fourth-order valence-corrected chi connectivity index (χ4v) is 1.77. The standard InChI is InChI=1S/C13H14N4O2/c1-9-4-3-5-10(16-9)8-17(2)12-11(13(18)19)14-6-7-15-12/h3-7H,8H2,1-2H3,(H,18,19). The van der Waals surface area contributed by atoms with Gasteiger partial charge in [0.25, 0.3) is 0 Å². The lowest BCUT2D eigenvalue weighted by Crippen LogP contribution is -2.22. The van der Waals surface area contributed by atoms with Gasteiger partial charge in [0.2, 0.25) is 0 Å². The van der Waals surface area contributed by atoms with Crippen molar-refractivity contribution in [3.8, 4) is 0 Å². The number of pyridine rings is 1. The van der Waals surface area contributed by atoms with E-state index in [1.54, 1.807) is 11.9 Å². The van der Waals surface area contributed by atoms with Crippen LogP contribution in [0.4, 0.5) is 5.82 Å². The number of carboxylic acids is 1. The van der Waals surface area contributed by atoms with Crippen LogP contribution in [-0.2, 0) is 6.54 Å². The molecular formula is C13H14N4O2. The van der Waals surface area contributed by atoms with Crippen LogP contribution in [-0.4, -0.2) is 33.1 Å². The van der Waals surface area contributed by atoms with Gasteiger partial charge < -0.3 is 10.0 Å². The highest BCUT2D eigenvalue weighted by atomic mass is 16.4. The molecule has 0 unspecified atom stereocenters. The van der Waals surface area contributed by atoms with Crippen LogP contribution >= 0.6 is 0 Å². The van der Waals surface area contributed by atoms with Gasteiger partial charge in [-0.1, -0.05) is 6.07 Å². The molecule has 0 saturated heterocycles. The lowest BCUT2D eigenvalue weighted by Gasteiger charge is -2.18. The first-order valence-corrected chi connectivity index (χ1v) is 5.76. The second-order valence-electron chi connectivity index (χ2n) is 4.16. The quantitative estimate of drug-likeness (QED) is 0.895. The van der Waals surface area contributed by atoms with Crippen molar-refractivity contribution in [3.05, 3.63) is 47.7 Å². The maximum Gasteiger partial charge on any atom is 0.358 e. The van der Waals surface area contributed by atoms with E-state index >= 15 is 0 Å². The number of nitrogens with zero attached hydrogens (tertiary/aromatic N) is 4. The number of aromatic nitrogens is 3. The summed E-state index contributed by atoms with van der Waals surface area (Å²) < 4.78 is 0. The number of rotatable bonds is 4. The smallest absolute Gasteiger partial charge is 0.358 e. The van der Waals surface area contributed by atoms with Crippen molar-refractivity contribution in [3.63, 3.8) is 0 Å². The Morgan fingerprint density at radius 2 is 2.05 bits per heavy atom. The first kappa shape index (κ1) is 12.9. The molecule has 19 heavy (non-hydrogen) atoms. The molecule has 0 aliphatic heterocycles. The van der Waals surface area contributed by atoms with Crippen LogP contribution in [0.2, 0.25) is 0 Å². The Balaban J connectivity index is 2.25. The summed E-state index contributed by atoms with van der Waals surface area (Å²) in [7, 11) is 1.76. The van der Waals surface area contributed by atoms with Crippen LogP contribution in [0.25, 0.3) is 0 Å². The Morgan fingerprint density at radius 3 is 2.74 bits per heavy atom. The zero-order valence-electron chi connectivity index (χ0n) is 10.7. The molecule has 0 bridgehead atoms. The third-order valence-electron chi connectivity index (χ3n) is 2.59. The maximum absolute atomic E-state index is 11.1. The zero-order valence-corrected chi connectivity index (χ0v) is 10.7. The second kappa shape index (κ2) is 5.43. The molecule has 6 heteroatoms. The van der Waals surface area contributed by atoms with Gasteiger partial charge in [-0.3, -0.25) is 4.98 Å². The molecule has 2 rings (SSSR count). The summed E-state index contributed by atoms with van der Waals surface area (Å²) in [6, 6.07) is 5.72. The van der Waals surface area contributed by atoms with E-state index in [2.05, 4.69) is 15.0 Å². The number of carboxylic acid groups (broad SMARTS) is 1. The Hall–Kier alpha value is -2.50. The van der Waals surface area contributed by atoms with Crippen LogP contribution < -0.4 is 4.90 Å². The Labute approximate surface area is 110 Å². The van der Waals surface area contributed by atoms with Gasteiger partial charge in [0.15, 0.2) is 11.5 Å². The molecule has 0 atom stereocenters. The van der Waals surface area contributed by atoms with Crippen molar-refractivity contribution in [2.75, 3.05) is 11.9 Å². The highest BCUT2D eigenvalue weighted by Gasteiger charge is 2.16. The monoisotopic (exact) mass is 258 g/mol. The van der Waals surface area contributed by atoms with E-state index in [9.17, 15) is 4.79 Å². The topological polar surface area (TPSA) is 79.2 Å². The minimum Gasteiger partial charge on any atom is -0.476 e. The average molecular weight is 258 g/mol. The lowest BCUT2D eigenvalue weighted by atomic mass is 10.3. The molecular weight excluding hydrogens is 244 g/mol. The molecule has 1 N–H and O–H groups in total. The van der Waals surface area contributed by atoms with Crippen LogP contribution in [0.3, 0.4) is 0 Å². The van der Waals surface area contributed by atoms with Gasteiger partial charge in [-0.05, 0) is 19.1 Å². The fourth-order valence-electron chi connectivity index (χ4n) is 1.77. The van der Waals surface area contributed by atoms with Gasteiger partial charge in [0.05, 0.1) is 12.2 Å². The van der Waals surface area contributed by atoms with Crippen molar-refractivity contribution < 1.29 is 9.90 Å². The number of aromatic carboxylic acids is 1. The van der Waals surface area contributed by atoms with E-state index in [1.807, 2.05) is 25.1 Å². The molecule has 0 amide bonds. The molecule has 0 aliphatic rings. The first-order chi connectivity index (χ1) is 9.08. The summed E-state index contributed by atoms with van der Waals surface area (Å²) in [5.41, 5.74) is 1.71. The van der Waals surface area contributed by atoms with Gasteiger partial charge in [0, 0.05) is 25.1 Å². The van der Waals surface area contributed by atoms with Gasteiger partial charge in [-0.15, -0.1) is 0 Å². The summed E-state index contributed by atoms with van der Waals surface area (Å²) >= 11 is 0. The van der Waals surface area contributed by atoms with E-state index in [4.69, 9.17) is 5.11 Å². The molecule has 0 aromatic carbocycles. The number of carbonyl (C=O) groups is 1. The molecule has 2 heterocycles. The molecule has 2 aromatic rings. The van der Waals surface area contributed by atoms with Crippen molar-refractivity contribution in [1.82, 2.24) is 15.0 Å². The second-order valence-corrected chi connectivity index (χ2v) is 4.16. The van der Waals surface area contributed by atoms with Gasteiger partial charge in [-0.2, -0.15) is 0 Å². The SMILES string of the molecule is Cc1cccc(CN(C)c2nccnc2C(=O)O)n1.